The molecule has 1 N–H and O–H groups in total. The number of nitrogens with zero attached hydrogens (tertiary/aromatic N) is 1. The summed E-state index contributed by atoms with van der Waals surface area (Å²) in [5.41, 5.74) is 2.19. The number of rotatable bonds is 4. The van der Waals surface area contributed by atoms with Crippen LogP contribution in [0.2, 0.25) is 10.0 Å². The summed E-state index contributed by atoms with van der Waals surface area (Å²) >= 11 is 12.8. The van der Waals surface area contributed by atoms with Crippen molar-refractivity contribution in [2.75, 3.05) is 18.1 Å². The van der Waals surface area contributed by atoms with Gasteiger partial charge < -0.3 is 14.7 Å². The molecule has 0 saturated heterocycles. The van der Waals surface area contributed by atoms with Gasteiger partial charge in [0, 0.05) is 46.4 Å². The summed E-state index contributed by atoms with van der Waals surface area (Å²) in [5, 5.41) is 10.6. The van der Waals surface area contributed by atoms with Crippen LogP contribution in [0.5, 0.6) is 0 Å². The van der Waals surface area contributed by atoms with Crippen LogP contribution in [0, 0.1) is 5.41 Å². The van der Waals surface area contributed by atoms with Crippen molar-refractivity contribution in [3.05, 3.63) is 63.6 Å². The van der Waals surface area contributed by atoms with E-state index in [2.05, 4.69) is 20.8 Å². The fourth-order valence-electron chi connectivity index (χ4n) is 3.44. The number of halogens is 2. The molecule has 0 unspecified atom stereocenters. The van der Waals surface area contributed by atoms with Crippen molar-refractivity contribution in [1.82, 2.24) is 0 Å². The highest BCUT2D eigenvalue weighted by molar-refractivity contribution is 6.31. The van der Waals surface area contributed by atoms with E-state index >= 15 is 0 Å². The molecule has 2 atom stereocenters. The van der Waals surface area contributed by atoms with Crippen molar-refractivity contribution in [2.45, 2.75) is 39.4 Å². The molecule has 0 fully saturated rings. The third-order valence-electron chi connectivity index (χ3n) is 4.62. The van der Waals surface area contributed by atoms with Gasteiger partial charge in [0.25, 0.3) is 5.91 Å². The van der Waals surface area contributed by atoms with Crippen LogP contribution < -0.4 is 4.90 Å². The van der Waals surface area contributed by atoms with E-state index in [1.807, 2.05) is 30.3 Å². The average Bonchev–Trinajstić information content (AvgIpc) is 2.72. The second-order valence-corrected chi connectivity index (χ2v) is 9.07. The lowest BCUT2D eigenvalue weighted by Gasteiger charge is -2.31. The highest BCUT2D eigenvalue weighted by Gasteiger charge is 2.38. The van der Waals surface area contributed by atoms with Crippen LogP contribution in [-0.2, 0) is 9.53 Å². The molecule has 0 bridgehead atoms. The first kappa shape index (κ1) is 21.1. The van der Waals surface area contributed by atoms with Gasteiger partial charge >= 0.3 is 0 Å². The van der Waals surface area contributed by atoms with E-state index in [0.29, 0.717) is 16.6 Å². The third-order valence-corrected chi connectivity index (χ3v) is 5.20. The maximum Gasteiger partial charge on any atom is 0.256 e. The van der Waals surface area contributed by atoms with Crippen LogP contribution in [-0.4, -0.2) is 30.3 Å². The molecule has 1 heterocycles. The average molecular weight is 422 g/mol. The van der Waals surface area contributed by atoms with Gasteiger partial charge in [-0.3, -0.25) is 4.79 Å². The summed E-state index contributed by atoms with van der Waals surface area (Å²) in [6.07, 6.45) is -1.13. The zero-order valence-corrected chi connectivity index (χ0v) is 17.8. The predicted molar refractivity (Wildman–Crippen MR) is 113 cm³/mol. The third kappa shape index (κ3) is 4.52. The Hall–Kier alpha value is -1.59. The zero-order chi connectivity index (χ0) is 20.5. The van der Waals surface area contributed by atoms with Gasteiger partial charge in [0.1, 0.15) is 12.2 Å². The predicted octanol–water partition coefficient (Wildman–Crippen LogP) is 5.24. The molecule has 0 aromatic heterocycles. The van der Waals surface area contributed by atoms with E-state index in [-0.39, 0.29) is 24.3 Å². The molecule has 0 spiro atoms. The van der Waals surface area contributed by atoms with Gasteiger partial charge in [-0.25, -0.2) is 0 Å². The molecule has 6 heteroatoms. The largest absolute Gasteiger partial charge is 0.396 e. The normalized spacial score (nSPS) is 20.1. The number of carbonyl (C=O) groups is 1. The minimum absolute atomic E-state index is 0.124. The highest BCUT2D eigenvalue weighted by Crippen LogP contribution is 2.42. The van der Waals surface area contributed by atoms with Crippen LogP contribution in [0.1, 0.15) is 44.4 Å². The van der Waals surface area contributed by atoms with Crippen molar-refractivity contribution in [3.63, 3.8) is 0 Å². The molecular weight excluding hydrogens is 397 g/mol. The Morgan fingerprint density at radius 3 is 2.46 bits per heavy atom. The maximum absolute atomic E-state index is 13.3. The van der Waals surface area contributed by atoms with Gasteiger partial charge in [-0.15, -0.1) is 0 Å². The molecule has 0 aliphatic carbocycles. The van der Waals surface area contributed by atoms with Crippen LogP contribution >= 0.6 is 23.2 Å². The summed E-state index contributed by atoms with van der Waals surface area (Å²) in [5.74, 6) is -0.165. The second kappa shape index (κ2) is 8.42. The summed E-state index contributed by atoms with van der Waals surface area (Å²) in [4.78, 5) is 15.1. The molecule has 2 aromatic carbocycles. The summed E-state index contributed by atoms with van der Waals surface area (Å²) in [6, 6.07) is 12.9. The highest BCUT2D eigenvalue weighted by atomic mass is 35.5. The van der Waals surface area contributed by atoms with Crippen LogP contribution in [0.15, 0.2) is 42.5 Å². The second-order valence-electron chi connectivity index (χ2n) is 8.23. The Morgan fingerprint density at radius 1 is 1.11 bits per heavy atom. The van der Waals surface area contributed by atoms with Crippen molar-refractivity contribution in [2.24, 2.45) is 5.41 Å². The number of aliphatic hydroxyl groups is 1. The fourth-order valence-corrected chi connectivity index (χ4v) is 3.86. The first-order valence-electron chi connectivity index (χ1n) is 9.33. The SMILES string of the molecule is CC(C)(C)CN1C(=O)[C@@H](CCO)O[C@H](c2ccccc2Cl)c2cc(Cl)ccc21. The van der Waals surface area contributed by atoms with Gasteiger partial charge in [0.2, 0.25) is 0 Å². The quantitative estimate of drug-likeness (QED) is 0.733. The summed E-state index contributed by atoms with van der Waals surface area (Å²) in [6.45, 7) is 6.60. The number of benzene rings is 2. The van der Waals surface area contributed by atoms with Gasteiger partial charge in [-0.2, -0.15) is 0 Å². The Labute approximate surface area is 176 Å². The number of hydrogen-bond donors (Lipinski definition) is 1. The number of ether oxygens (including phenoxy) is 1. The van der Waals surface area contributed by atoms with E-state index in [1.54, 1.807) is 17.0 Å². The van der Waals surface area contributed by atoms with Crippen molar-refractivity contribution < 1.29 is 14.6 Å². The van der Waals surface area contributed by atoms with Gasteiger partial charge in [0.05, 0.1) is 0 Å². The Balaban J connectivity index is 2.20. The fraction of sp³-hybridized carbons (Fsp3) is 0.409. The minimum Gasteiger partial charge on any atom is -0.396 e. The molecule has 28 heavy (non-hydrogen) atoms. The summed E-state index contributed by atoms with van der Waals surface area (Å²) < 4.78 is 6.26. The molecule has 0 saturated carbocycles. The number of carbonyl (C=O) groups excluding carboxylic acids is 1. The van der Waals surface area contributed by atoms with E-state index in [9.17, 15) is 9.90 Å². The molecule has 2 aromatic rings. The summed E-state index contributed by atoms with van der Waals surface area (Å²) in [7, 11) is 0. The lowest BCUT2D eigenvalue weighted by molar-refractivity contribution is -0.133. The van der Waals surface area contributed by atoms with Crippen LogP contribution in [0.3, 0.4) is 0 Å². The lowest BCUT2D eigenvalue weighted by atomic mass is 9.94. The van der Waals surface area contributed by atoms with Crippen LogP contribution in [0.25, 0.3) is 0 Å². The first-order valence-corrected chi connectivity index (χ1v) is 10.1. The first-order chi connectivity index (χ1) is 13.2. The van der Waals surface area contributed by atoms with Crippen LogP contribution in [0.4, 0.5) is 5.69 Å². The lowest BCUT2D eigenvalue weighted by Crippen LogP contribution is -2.43. The number of anilines is 1. The Bertz CT molecular complexity index is 863. The topological polar surface area (TPSA) is 49.8 Å². The molecule has 1 aliphatic rings. The molecule has 3 rings (SSSR count). The minimum atomic E-state index is -0.778. The molecule has 0 radical (unpaired) electrons. The van der Waals surface area contributed by atoms with Crippen molar-refractivity contribution in [3.8, 4) is 0 Å². The molecule has 1 aliphatic heterocycles. The number of amides is 1. The maximum atomic E-state index is 13.3. The number of hydrogen-bond acceptors (Lipinski definition) is 3. The standard InChI is InChI=1S/C22H25Cl2NO3/c1-22(2,3)13-25-18-9-8-14(23)12-16(18)20(15-6-4-5-7-17(15)24)28-19(10-11-26)21(25)27/h4-9,12,19-20,26H,10-11,13H2,1-3H3/t19-,20-/m1/s1. The Morgan fingerprint density at radius 2 is 1.82 bits per heavy atom. The van der Waals surface area contributed by atoms with Gasteiger partial charge in [0.15, 0.2) is 0 Å². The van der Waals surface area contributed by atoms with E-state index < -0.39 is 12.2 Å². The van der Waals surface area contributed by atoms with Gasteiger partial charge in [-0.1, -0.05) is 62.2 Å². The van der Waals surface area contributed by atoms with Crippen molar-refractivity contribution >= 4 is 34.8 Å². The van der Waals surface area contributed by atoms with E-state index in [0.717, 1.165) is 16.8 Å². The van der Waals surface area contributed by atoms with Crippen molar-refractivity contribution in [1.29, 1.82) is 0 Å². The van der Waals surface area contributed by atoms with E-state index in [4.69, 9.17) is 27.9 Å². The molecule has 1 amide bonds. The monoisotopic (exact) mass is 421 g/mol. The number of aliphatic hydroxyl groups excluding tert-OH is 1. The number of fused-ring (bicyclic) bond motifs is 1. The Kier molecular flexibility index (Phi) is 6.35. The van der Waals surface area contributed by atoms with Gasteiger partial charge in [-0.05, 0) is 29.7 Å². The molecule has 150 valence electrons. The molecular formula is C22H25Cl2NO3. The molecule has 4 nitrogen and oxygen atoms in total. The smallest absolute Gasteiger partial charge is 0.256 e. The zero-order valence-electron chi connectivity index (χ0n) is 16.3. The van der Waals surface area contributed by atoms with E-state index in [1.165, 1.54) is 0 Å².